The van der Waals surface area contributed by atoms with E-state index in [1.54, 1.807) is 17.5 Å². The van der Waals surface area contributed by atoms with E-state index < -0.39 is 0 Å². The normalized spacial score (nSPS) is 10.0. The summed E-state index contributed by atoms with van der Waals surface area (Å²) in [7, 11) is 0. The Kier molecular flexibility index (Phi) is 3.61. The molecule has 1 aromatic heterocycles. The van der Waals surface area contributed by atoms with Crippen molar-refractivity contribution >= 4 is 34.5 Å². The molecule has 4 nitrogen and oxygen atoms in total. The highest BCUT2D eigenvalue weighted by Gasteiger charge is 2.08. The number of carbonyl (C=O) groups is 1. The van der Waals surface area contributed by atoms with Crippen molar-refractivity contribution in [2.24, 2.45) is 0 Å². The Hall–Kier alpha value is -1.59. The molecule has 1 amide bonds. The van der Waals surface area contributed by atoms with Crippen LogP contribution in [0.4, 0.5) is 5.69 Å². The van der Waals surface area contributed by atoms with Crippen molar-refractivity contribution in [3.63, 3.8) is 0 Å². The SMILES string of the molecule is CC(=O)Nc1ccccc1Oc1nc(Cl)cs1. The molecule has 0 unspecified atom stereocenters. The molecule has 0 radical (unpaired) electrons. The predicted molar refractivity (Wildman–Crippen MR) is 67.9 cm³/mol. The summed E-state index contributed by atoms with van der Waals surface area (Å²) < 4.78 is 5.54. The molecule has 0 aliphatic rings. The van der Waals surface area contributed by atoms with E-state index in [2.05, 4.69) is 10.3 Å². The van der Waals surface area contributed by atoms with Gasteiger partial charge in [-0.1, -0.05) is 35.1 Å². The highest BCUT2D eigenvalue weighted by molar-refractivity contribution is 7.11. The molecule has 0 saturated heterocycles. The summed E-state index contributed by atoms with van der Waals surface area (Å²) in [6, 6.07) is 7.13. The van der Waals surface area contributed by atoms with Crippen LogP contribution in [-0.2, 0) is 4.79 Å². The first kappa shape index (κ1) is 11.9. The van der Waals surface area contributed by atoms with Crippen LogP contribution in [0.1, 0.15) is 6.92 Å². The average molecular weight is 269 g/mol. The number of halogens is 1. The van der Waals surface area contributed by atoms with Crippen LogP contribution < -0.4 is 10.1 Å². The summed E-state index contributed by atoms with van der Waals surface area (Å²) >= 11 is 6.99. The van der Waals surface area contributed by atoms with E-state index in [1.807, 2.05) is 12.1 Å². The van der Waals surface area contributed by atoms with Crippen molar-refractivity contribution < 1.29 is 9.53 Å². The third-order valence-corrected chi connectivity index (χ3v) is 2.89. The number of nitrogens with one attached hydrogen (secondary N) is 1. The number of aromatic nitrogens is 1. The molecule has 2 rings (SSSR count). The summed E-state index contributed by atoms with van der Waals surface area (Å²) in [6.07, 6.45) is 0. The first-order valence-electron chi connectivity index (χ1n) is 4.80. The molecular formula is C11H9ClN2O2S. The van der Waals surface area contributed by atoms with Crippen molar-refractivity contribution in [2.45, 2.75) is 6.92 Å². The maximum Gasteiger partial charge on any atom is 0.280 e. The number of anilines is 1. The fourth-order valence-corrected chi connectivity index (χ4v) is 2.03. The third-order valence-electron chi connectivity index (χ3n) is 1.85. The summed E-state index contributed by atoms with van der Waals surface area (Å²) in [4.78, 5) is 15.0. The Morgan fingerprint density at radius 1 is 1.47 bits per heavy atom. The van der Waals surface area contributed by atoms with Gasteiger partial charge in [0.05, 0.1) is 5.69 Å². The van der Waals surface area contributed by atoms with E-state index in [1.165, 1.54) is 18.3 Å². The van der Waals surface area contributed by atoms with Gasteiger partial charge in [-0.3, -0.25) is 4.79 Å². The van der Waals surface area contributed by atoms with Crippen LogP contribution in [0.25, 0.3) is 0 Å². The van der Waals surface area contributed by atoms with Crippen LogP contribution in [0.5, 0.6) is 10.9 Å². The Labute approximate surface area is 107 Å². The van der Waals surface area contributed by atoms with Gasteiger partial charge in [0, 0.05) is 12.3 Å². The van der Waals surface area contributed by atoms with E-state index >= 15 is 0 Å². The highest BCUT2D eigenvalue weighted by Crippen LogP contribution is 2.31. The molecule has 1 aromatic carbocycles. The van der Waals surface area contributed by atoms with Gasteiger partial charge in [0.15, 0.2) is 5.75 Å². The number of rotatable bonds is 3. The zero-order chi connectivity index (χ0) is 12.3. The Balaban J connectivity index is 2.23. The molecule has 0 aliphatic heterocycles. The zero-order valence-corrected chi connectivity index (χ0v) is 10.5. The minimum Gasteiger partial charge on any atom is -0.429 e. The predicted octanol–water partition coefficient (Wildman–Crippen LogP) is 3.55. The van der Waals surface area contributed by atoms with E-state index in [4.69, 9.17) is 16.3 Å². The van der Waals surface area contributed by atoms with Gasteiger partial charge in [-0.05, 0) is 12.1 Å². The van der Waals surface area contributed by atoms with E-state index in [0.29, 0.717) is 21.8 Å². The van der Waals surface area contributed by atoms with Crippen LogP contribution in [-0.4, -0.2) is 10.9 Å². The lowest BCUT2D eigenvalue weighted by Gasteiger charge is -2.08. The molecule has 0 bridgehead atoms. The maximum absolute atomic E-state index is 11.0. The molecule has 0 aliphatic carbocycles. The Morgan fingerprint density at radius 2 is 2.24 bits per heavy atom. The number of benzene rings is 1. The molecular weight excluding hydrogens is 260 g/mol. The van der Waals surface area contributed by atoms with Gasteiger partial charge >= 0.3 is 0 Å². The van der Waals surface area contributed by atoms with E-state index in [-0.39, 0.29) is 5.91 Å². The topological polar surface area (TPSA) is 51.2 Å². The molecule has 0 spiro atoms. The Morgan fingerprint density at radius 3 is 2.88 bits per heavy atom. The van der Waals surface area contributed by atoms with Crippen LogP contribution in [0.15, 0.2) is 29.6 Å². The molecule has 88 valence electrons. The number of carbonyl (C=O) groups excluding carboxylic acids is 1. The smallest absolute Gasteiger partial charge is 0.280 e. The second kappa shape index (κ2) is 5.16. The number of nitrogens with zero attached hydrogens (tertiary/aromatic N) is 1. The zero-order valence-electron chi connectivity index (χ0n) is 8.94. The maximum atomic E-state index is 11.0. The van der Waals surface area contributed by atoms with Crippen LogP contribution in [0.2, 0.25) is 5.15 Å². The van der Waals surface area contributed by atoms with Crippen LogP contribution in [0, 0.1) is 0 Å². The molecule has 17 heavy (non-hydrogen) atoms. The minimum absolute atomic E-state index is 0.154. The van der Waals surface area contributed by atoms with E-state index in [0.717, 1.165) is 0 Å². The fraction of sp³-hybridized carbons (Fsp3) is 0.0909. The van der Waals surface area contributed by atoms with Gasteiger partial charge in [-0.25, -0.2) is 0 Å². The molecule has 0 fully saturated rings. The molecule has 1 heterocycles. The first-order chi connectivity index (χ1) is 8.15. The largest absolute Gasteiger partial charge is 0.429 e. The lowest BCUT2D eigenvalue weighted by Crippen LogP contribution is -2.06. The fourth-order valence-electron chi connectivity index (χ4n) is 1.23. The highest BCUT2D eigenvalue weighted by atomic mass is 35.5. The second-order valence-electron chi connectivity index (χ2n) is 3.22. The molecule has 0 saturated carbocycles. The third kappa shape index (κ3) is 3.18. The van der Waals surface area contributed by atoms with Crippen molar-refractivity contribution in [3.05, 3.63) is 34.8 Å². The van der Waals surface area contributed by atoms with Gasteiger partial charge in [0.2, 0.25) is 5.91 Å². The van der Waals surface area contributed by atoms with E-state index in [9.17, 15) is 4.79 Å². The molecule has 2 aromatic rings. The molecule has 1 N–H and O–H groups in total. The molecule has 0 atom stereocenters. The van der Waals surface area contributed by atoms with Gasteiger partial charge in [0.25, 0.3) is 5.19 Å². The van der Waals surface area contributed by atoms with Crippen molar-refractivity contribution in [1.29, 1.82) is 0 Å². The lowest BCUT2D eigenvalue weighted by atomic mass is 10.3. The monoisotopic (exact) mass is 268 g/mol. The quantitative estimate of drug-likeness (QED) is 0.926. The standard InChI is InChI=1S/C11H9ClN2O2S/c1-7(15)13-8-4-2-3-5-9(8)16-11-14-10(12)6-17-11/h2-6H,1H3,(H,13,15). The van der Waals surface area contributed by atoms with Crippen LogP contribution >= 0.6 is 22.9 Å². The second-order valence-corrected chi connectivity index (χ2v) is 4.42. The molecule has 6 heteroatoms. The summed E-state index contributed by atoms with van der Waals surface area (Å²) in [6.45, 7) is 1.44. The minimum atomic E-state index is -0.154. The summed E-state index contributed by atoms with van der Waals surface area (Å²) in [5.74, 6) is 0.381. The van der Waals surface area contributed by atoms with Gasteiger partial charge in [0.1, 0.15) is 5.15 Å². The number of hydrogen-bond acceptors (Lipinski definition) is 4. The van der Waals surface area contributed by atoms with Crippen molar-refractivity contribution in [1.82, 2.24) is 4.98 Å². The average Bonchev–Trinajstić information content (AvgIpc) is 2.66. The van der Waals surface area contributed by atoms with Gasteiger partial charge in [-0.15, -0.1) is 0 Å². The summed E-state index contributed by atoms with van der Waals surface area (Å²) in [5, 5.41) is 5.19. The number of thiazole rings is 1. The first-order valence-corrected chi connectivity index (χ1v) is 6.06. The lowest BCUT2D eigenvalue weighted by molar-refractivity contribution is -0.114. The Bertz CT molecular complexity index is 542. The number of amides is 1. The number of para-hydroxylation sites is 2. The number of ether oxygens (including phenoxy) is 1. The summed E-state index contributed by atoms with van der Waals surface area (Å²) in [5.41, 5.74) is 0.603. The van der Waals surface area contributed by atoms with Crippen molar-refractivity contribution in [3.8, 4) is 10.9 Å². The number of hydrogen-bond donors (Lipinski definition) is 1. The van der Waals surface area contributed by atoms with Gasteiger partial charge < -0.3 is 10.1 Å². The van der Waals surface area contributed by atoms with Crippen molar-refractivity contribution in [2.75, 3.05) is 5.32 Å². The van der Waals surface area contributed by atoms with Crippen LogP contribution in [0.3, 0.4) is 0 Å². The van der Waals surface area contributed by atoms with Gasteiger partial charge in [-0.2, -0.15) is 4.98 Å².